The van der Waals surface area contributed by atoms with Crippen molar-refractivity contribution < 1.29 is 14.8 Å². The van der Waals surface area contributed by atoms with Gasteiger partial charge in [0, 0.05) is 30.4 Å². The predicted octanol–water partition coefficient (Wildman–Crippen LogP) is 2.10. The van der Waals surface area contributed by atoms with Gasteiger partial charge < -0.3 is 0 Å². The van der Waals surface area contributed by atoms with Crippen LogP contribution in [0.5, 0.6) is 0 Å². The molecule has 0 spiro atoms. The smallest absolute Gasteiger partial charge is 0.161 e. The van der Waals surface area contributed by atoms with Gasteiger partial charge in [0.15, 0.2) is 11.6 Å². The standard InChI is InChI=1S/C13H15NO3/c15-12-5-1-3-10-8(12)7-9-11(14(10)17)4-2-6-13(9)16/h17H,1-7H2. The van der Waals surface area contributed by atoms with E-state index in [1.54, 1.807) is 0 Å². The van der Waals surface area contributed by atoms with Gasteiger partial charge in [-0.25, -0.2) is 5.06 Å². The number of nitrogens with zero attached hydrogens (tertiary/aromatic N) is 1. The van der Waals surface area contributed by atoms with E-state index in [-0.39, 0.29) is 11.6 Å². The van der Waals surface area contributed by atoms with Crippen LogP contribution in [-0.2, 0) is 9.59 Å². The number of ketones is 2. The first-order valence-corrected chi connectivity index (χ1v) is 6.18. The Morgan fingerprint density at radius 2 is 1.29 bits per heavy atom. The minimum atomic E-state index is 0.0928. The van der Waals surface area contributed by atoms with Crippen LogP contribution in [0, 0.1) is 0 Å². The Morgan fingerprint density at radius 3 is 1.76 bits per heavy atom. The van der Waals surface area contributed by atoms with Gasteiger partial charge in [-0.05, 0) is 25.7 Å². The Hall–Kier alpha value is -1.42. The summed E-state index contributed by atoms with van der Waals surface area (Å²) in [5, 5.41) is 11.3. The molecule has 0 amide bonds. The highest BCUT2D eigenvalue weighted by atomic mass is 16.5. The first-order valence-electron chi connectivity index (χ1n) is 6.18. The minimum absolute atomic E-state index is 0.0928. The maximum Gasteiger partial charge on any atom is 0.161 e. The summed E-state index contributed by atoms with van der Waals surface area (Å²) >= 11 is 0. The third-order valence-electron chi connectivity index (χ3n) is 3.87. The van der Waals surface area contributed by atoms with Gasteiger partial charge in [-0.15, -0.1) is 0 Å². The lowest BCUT2D eigenvalue weighted by atomic mass is 9.81. The van der Waals surface area contributed by atoms with Crippen LogP contribution in [-0.4, -0.2) is 21.8 Å². The lowest BCUT2D eigenvalue weighted by Crippen LogP contribution is -2.33. The molecule has 90 valence electrons. The topological polar surface area (TPSA) is 57.6 Å². The fraction of sp³-hybridized carbons (Fsp3) is 0.538. The van der Waals surface area contributed by atoms with E-state index in [0.717, 1.165) is 42.1 Å². The molecule has 4 heteroatoms. The molecule has 2 aliphatic carbocycles. The normalized spacial score (nSPS) is 25.1. The highest BCUT2D eigenvalue weighted by molar-refractivity contribution is 6.03. The predicted molar refractivity (Wildman–Crippen MR) is 60.0 cm³/mol. The summed E-state index contributed by atoms with van der Waals surface area (Å²) in [5.74, 6) is 0.186. The molecule has 0 saturated carbocycles. The number of hydrogen-bond acceptors (Lipinski definition) is 4. The zero-order chi connectivity index (χ0) is 12.0. The average molecular weight is 233 g/mol. The van der Waals surface area contributed by atoms with E-state index in [1.807, 2.05) is 0 Å². The summed E-state index contributed by atoms with van der Waals surface area (Å²) in [6, 6.07) is 0. The van der Waals surface area contributed by atoms with Crippen molar-refractivity contribution in [3.05, 3.63) is 22.5 Å². The molecule has 0 atom stereocenters. The van der Waals surface area contributed by atoms with Crippen molar-refractivity contribution in [1.82, 2.24) is 5.06 Å². The van der Waals surface area contributed by atoms with Gasteiger partial charge in [0.1, 0.15) is 0 Å². The zero-order valence-electron chi connectivity index (χ0n) is 9.66. The number of rotatable bonds is 0. The van der Waals surface area contributed by atoms with Gasteiger partial charge in [-0.3, -0.25) is 14.8 Å². The maximum atomic E-state index is 11.8. The largest absolute Gasteiger partial charge is 0.294 e. The number of hydroxylamine groups is 2. The second-order valence-electron chi connectivity index (χ2n) is 4.89. The van der Waals surface area contributed by atoms with Crippen LogP contribution < -0.4 is 0 Å². The van der Waals surface area contributed by atoms with Crippen LogP contribution in [0.1, 0.15) is 44.9 Å². The summed E-state index contributed by atoms with van der Waals surface area (Å²) < 4.78 is 0. The Labute approximate surface area is 99.6 Å². The maximum absolute atomic E-state index is 11.8. The summed E-state index contributed by atoms with van der Waals surface area (Å²) in [7, 11) is 0. The fourth-order valence-corrected chi connectivity index (χ4v) is 2.97. The molecule has 0 bridgehead atoms. The number of allylic oxidation sites excluding steroid dienone is 4. The summed E-state index contributed by atoms with van der Waals surface area (Å²) in [4.78, 5) is 23.7. The number of carbonyl (C=O) groups excluding carboxylic acids is 2. The van der Waals surface area contributed by atoms with Crippen LogP contribution in [0.2, 0.25) is 0 Å². The first kappa shape index (κ1) is 10.7. The van der Waals surface area contributed by atoms with E-state index in [1.165, 1.54) is 0 Å². The first-order chi connectivity index (χ1) is 8.18. The number of carbonyl (C=O) groups is 2. The molecule has 0 radical (unpaired) electrons. The summed E-state index contributed by atoms with van der Waals surface area (Å²) in [6.45, 7) is 0. The van der Waals surface area contributed by atoms with Crippen LogP contribution in [0.25, 0.3) is 0 Å². The molecule has 17 heavy (non-hydrogen) atoms. The molecule has 0 aromatic carbocycles. The highest BCUT2D eigenvalue weighted by Crippen LogP contribution is 2.40. The monoisotopic (exact) mass is 233 g/mol. The molecule has 1 aliphatic heterocycles. The Morgan fingerprint density at radius 1 is 0.824 bits per heavy atom. The number of hydrogen-bond donors (Lipinski definition) is 1. The van der Waals surface area contributed by atoms with Gasteiger partial charge in [-0.2, -0.15) is 0 Å². The van der Waals surface area contributed by atoms with Crippen LogP contribution in [0.4, 0.5) is 0 Å². The molecule has 1 N–H and O–H groups in total. The number of Topliss-reactive ketones (excluding diaryl/α,β-unsaturated/α-hetero) is 2. The average Bonchev–Trinajstić information content (AvgIpc) is 2.32. The molecular formula is C13H15NO3. The van der Waals surface area contributed by atoms with Crippen molar-refractivity contribution in [2.75, 3.05) is 0 Å². The third kappa shape index (κ3) is 1.55. The highest BCUT2D eigenvalue weighted by Gasteiger charge is 2.35. The third-order valence-corrected chi connectivity index (χ3v) is 3.87. The Kier molecular flexibility index (Phi) is 2.40. The zero-order valence-corrected chi connectivity index (χ0v) is 9.66. The molecule has 0 aromatic rings. The van der Waals surface area contributed by atoms with E-state index < -0.39 is 0 Å². The Balaban J connectivity index is 2.04. The Bertz CT molecular complexity index is 431. The molecule has 3 aliphatic rings. The van der Waals surface area contributed by atoms with Crippen molar-refractivity contribution in [3.8, 4) is 0 Å². The molecule has 0 unspecified atom stereocenters. The lowest BCUT2D eigenvalue weighted by Gasteiger charge is -2.36. The molecular weight excluding hydrogens is 218 g/mol. The SMILES string of the molecule is O=C1CCCC2=C1CC1=C(CCCC1=O)N2O. The van der Waals surface area contributed by atoms with Crippen molar-refractivity contribution in [3.63, 3.8) is 0 Å². The van der Waals surface area contributed by atoms with E-state index in [0.29, 0.717) is 30.4 Å². The van der Waals surface area contributed by atoms with E-state index in [4.69, 9.17) is 0 Å². The molecule has 3 rings (SSSR count). The van der Waals surface area contributed by atoms with Crippen LogP contribution >= 0.6 is 0 Å². The second-order valence-corrected chi connectivity index (χ2v) is 4.89. The molecule has 1 heterocycles. The van der Waals surface area contributed by atoms with Gasteiger partial charge in [-0.1, -0.05) is 0 Å². The van der Waals surface area contributed by atoms with Gasteiger partial charge in [0.25, 0.3) is 0 Å². The van der Waals surface area contributed by atoms with Crippen molar-refractivity contribution in [1.29, 1.82) is 0 Å². The second kappa shape index (κ2) is 3.81. The van der Waals surface area contributed by atoms with Gasteiger partial charge in [0.05, 0.1) is 11.4 Å². The molecule has 0 aromatic heterocycles. The van der Waals surface area contributed by atoms with E-state index >= 15 is 0 Å². The summed E-state index contributed by atoms with van der Waals surface area (Å²) in [6.07, 6.45) is 4.61. The molecule has 0 fully saturated rings. The van der Waals surface area contributed by atoms with Gasteiger partial charge in [0.2, 0.25) is 0 Å². The lowest BCUT2D eigenvalue weighted by molar-refractivity contribution is -0.119. The van der Waals surface area contributed by atoms with Crippen LogP contribution in [0.15, 0.2) is 22.5 Å². The van der Waals surface area contributed by atoms with Crippen molar-refractivity contribution in [2.24, 2.45) is 0 Å². The quantitative estimate of drug-likeness (QED) is 0.696. The van der Waals surface area contributed by atoms with Gasteiger partial charge >= 0.3 is 0 Å². The van der Waals surface area contributed by atoms with E-state index in [2.05, 4.69) is 0 Å². The summed E-state index contributed by atoms with van der Waals surface area (Å²) in [5.41, 5.74) is 2.78. The van der Waals surface area contributed by atoms with E-state index in [9.17, 15) is 14.8 Å². The molecule has 4 nitrogen and oxygen atoms in total. The fourth-order valence-electron chi connectivity index (χ4n) is 2.97. The molecule has 0 saturated heterocycles. The minimum Gasteiger partial charge on any atom is -0.294 e. The van der Waals surface area contributed by atoms with Crippen molar-refractivity contribution in [2.45, 2.75) is 44.9 Å². The van der Waals surface area contributed by atoms with Crippen molar-refractivity contribution >= 4 is 11.6 Å². The van der Waals surface area contributed by atoms with Crippen LogP contribution in [0.3, 0.4) is 0 Å².